The number of rotatable bonds is 6. The number of nitrogens with two attached hydrogens (primary N) is 1. The molecule has 1 fully saturated rings. The maximum absolute atomic E-state index is 12.7. The van der Waals surface area contributed by atoms with Crippen LogP contribution in [-0.4, -0.2) is 37.6 Å². The van der Waals surface area contributed by atoms with Gasteiger partial charge in [-0.25, -0.2) is 12.7 Å². The quantitative estimate of drug-likeness (QED) is 0.754. The zero-order valence-corrected chi connectivity index (χ0v) is 17.1. The normalized spacial score (nSPS) is 15.8. The van der Waals surface area contributed by atoms with Crippen LogP contribution in [0.15, 0.2) is 48.5 Å². The Morgan fingerprint density at radius 3 is 2.34 bits per heavy atom. The second kappa shape index (κ2) is 8.75. The lowest BCUT2D eigenvalue weighted by molar-refractivity contribution is -0.120. The Labute approximate surface area is 171 Å². The summed E-state index contributed by atoms with van der Waals surface area (Å²) in [6.45, 7) is 2.36. The smallest absolute Gasteiger partial charge is 0.249 e. The highest BCUT2D eigenvalue weighted by Gasteiger charge is 2.31. The van der Waals surface area contributed by atoms with Crippen molar-refractivity contribution in [1.82, 2.24) is 4.31 Å². The lowest BCUT2D eigenvalue weighted by Crippen LogP contribution is -2.42. The van der Waals surface area contributed by atoms with Crippen molar-refractivity contribution in [1.29, 1.82) is 0 Å². The Morgan fingerprint density at radius 2 is 1.72 bits per heavy atom. The van der Waals surface area contributed by atoms with Gasteiger partial charge in [0.2, 0.25) is 21.8 Å². The van der Waals surface area contributed by atoms with E-state index in [-0.39, 0.29) is 17.6 Å². The zero-order valence-electron chi connectivity index (χ0n) is 16.3. The molecule has 2 aromatic carbocycles. The molecule has 7 nitrogen and oxygen atoms in total. The Balaban J connectivity index is 1.60. The molecule has 0 unspecified atom stereocenters. The molecule has 1 heterocycles. The number of hydrogen-bond acceptors (Lipinski definition) is 4. The molecular weight excluding hydrogens is 390 g/mol. The van der Waals surface area contributed by atoms with Crippen molar-refractivity contribution in [3.05, 3.63) is 65.2 Å². The van der Waals surface area contributed by atoms with E-state index in [0.717, 1.165) is 5.56 Å². The van der Waals surface area contributed by atoms with Crippen LogP contribution in [0.3, 0.4) is 0 Å². The Kier molecular flexibility index (Phi) is 6.34. The van der Waals surface area contributed by atoms with Gasteiger partial charge in [0.05, 0.1) is 5.75 Å². The van der Waals surface area contributed by atoms with E-state index in [1.54, 1.807) is 37.3 Å². The van der Waals surface area contributed by atoms with Gasteiger partial charge in [0.1, 0.15) is 0 Å². The van der Waals surface area contributed by atoms with E-state index in [1.165, 1.54) is 4.31 Å². The van der Waals surface area contributed by atoms with Crippen LogP contribution in [0.1, 0.15) is 34.3 Å². The molecule has 154 valence electrons. The predicted molar refractivity (Wildman–Crippen MR) is 112 cm³/mol. The number of sulfonamides is 1. The first-order valence-corrected chi connectivity index (χ1v) is 11.1. The van der Waals surface area contributed by atoms with Crippen LogP contribution < -0.4 is 11.1 Å². The summed E-state index contributed by atoms with van der Waals surface area (Å²) in [5, 5.41) is 2.85. The number of benzene rings is 2. The number of amides is 2. The van der Waals surface area contributed by atoms with Crippen LogP contribution in [0.5, 0.6) is 0 Å². The maximum Gasteiger partial charge on any atom is 0.249 e. The monoisotopic (exact) mass is 415 g/mol. The molecule has 2 aromatic rings. The van der Waals surface area contributed by atoms with E-state index in [2.05, 4.69) is 5.32 Å². The van der Waals surface area contributed by atoms with E-state index < -0.39 is 15.9 Å². The summed E-state index contributed by atoms with van der Waals surface area (Å²) in [6, 6.07) is 14.1. The first-order valence-electron chi connectivity index (χ1n) is 9.50. The van der Waals surface area contributed by atoms with Gasteiger partial charge in [-0.05, 0) is 43.0 Å². The molecule has 1 aliphatic rings. The third-order valence-electron chi connectivity index (χ3n) is 5.27. The summed E-state index contributed by atoms with van der Waals surface area (Å²) in [4.78, 5) is 24.1. The van der Waals surface area contributed by atoms with Crippen molar-refractivity contribution in [3.63, 3.8) is 0 Å². The van der Waals surface area contributed by atoms with Crippen molar-refractivity contribution in [2.45, 2.75) is 25.5 Å². The fraction of sp³-hybridized carbons (Fsp3) is 0.333. The topological polar surface area (TPSA) is 110 Å². The Bertz CT molecular complexity index is 998. The maximum atomic E-state index is 12.7. The number of carbonyl (C=O) groups excluding carboxylic acids is 2. The fourth-order valence-corrected chi connectivity index (χ4v) is 5.11. The first kappa shape index (κ1) is 21.0. The summed E-state index contributed by atoms with van der Waals surface area (Å²) >= 11 is 0. The molecule has 8 heteroatoms. The minimum Gasteiger partial charge on any atom is -0.366 e. The first-order chi connectivity index (χ1) is 13.8. The molecule has 0 radical (unpaired) electrons. The summed E-state index contributed by atoms with van der Waals surface area (Å²) in [5.41, 5.74) is 7.64. The van der Waals surface area contributed by atoms with Gasteiger partial charge in [-0.15, -0.1) is 0 Å². The molecule has 0 bridgehead atoms. The molecule has 0 saturated carbocycles. The molecule has 2 amide bonds. The number of primary amides is 1. The van der Waals surface area contributed by atoms with Crippen molar-refractivity contribution < 1.29 is 18.0 Å². The van der Waals surface area contributed by atoms with Gasteiger partial charge in [-0.1, -0.05) is 36.4 Å². The Hall–Kier alpha value is -2.71. The van der Waals surface area contributed by atoms with Crippen molar-refractivity contribution in [2.75, 3.05) is 18.4 Å². The number of nitrogens with zero attached hydrogens (tertiary/aromatic N) is 1. The average molecular weight is 416 g/mol. The zero-order chi connectivity index (χ0) is 21.0. The van der Waals surface area contributed by atoms with Crippen molar-refractivity contribution in [2.24, 2.45) is 11.7 Å². The van der Waals surface area contributed by atoms with Crippen LogP contribution in [-0.2, 0) is 20.6 Å². The minimum atomic E-state index is -3.42. The second-order valence-electron chi connectivity index (χ2n) is 7.25. The summed E-state index contributed by atoms with van der Waals surface area (Å²) in [5.74, 6) is -1.04. The van der Waals surface area contributed by atoms with Gasteiger partial charge in [0, 0.05) is 30.3 Å². The second-order valence-corrected chi connectivity index (χ2v) is 9.22. The van der Waals surface area contributed by atoms with Crippen LogP contribution in [0.25, 0.3) is 0 Å². The standard InChI is InChI=1S/C21H25N3O4S/c1-15-18(20(22)25)8-5-9-19(15)23-21(26)17-10-12-24(13-11-17)29(27,28)14-16-6-3-2-4-7-16/h2-9,17H,10-14H2,1H3,(H2,22,25)(H,23,26). The molecule has 3 N–H and O–H groups in total. The molecular formula is C21H25N3O4S. The number of carbonyl (C=O) groups is 2. The van der Waals surface area contributed by atoms with Gasteiger partial charge in [-0.3, -0.25) is 9.59 Å². The highest BCUT2D eigenvalue weighted by atomic mass is 32.2. The molecule has 3 rings (SSSR count). The van der Waals surface area contributed by atoms with Gasteiger partial charge in [-0.2, -0.15) is 0 Å². The number of hydrogen-bond donors (Lipinski definition) is 2. The van der Waals surface area contributed by atoms with Crippen molar-refractivity contribution >= 4 is 27.5 Å². The van der Waals surface area contributed by atoms with E-state index in [9.17, 15) is 18.0 Å². The minimum absolute atomic E-state index is 0.0379. The van der Waals surface area contributed by atoms with Gasteiger partial charge in [0.15, 0.2) is 0 Å². The van der Waals surface area contributed by atoms with E-state index in [4.69, 9.17) is 5.73 Å². The summed E-state index contributed by atoms with van der Waals surface area (Å²) in [7, 11) is -3.42. The molecule has 0 aliphatic carbocycles. The number of anilines is 1. The van der Waals surface area contributed by atoms with E-state index in [1.807, 2.05) is 18.2 Å². The van der Waals surface area contributed by atoms with Crippen LogP contribution in [0.2, 0.25) is 0 Å². The van der Waals surface area contributed by atoms with E-state index in [0.29, 0.717) is 42.7 Å². The highest BCUT2D eigenvalue weighted by Crippen LogP contribution is 2.25. The van der Waals surface area contributed by atoms with Crippen LogP contribution in [0, 0.1) is 12.8 Å². The largest absolute Gasteiger partial charge is 0.366 e. The van der Waals surface area contributed by atoms with Gasteiger partial charge >= 0.3 is 0 Å². The van der Waals surface area contributed by atoms with Gasteiger partial charge < -0.3 is 11.1 Å². The number of piperidine rings is 1. The number of nitrogens with one attached hydrogen (secondary N) is 1. The molecule has 29 heavy (non-hydrogen) atoms. The van der Waals surface area contributed by atoms with E-state index >= 15 is 0 Å². The molecule has 1 aliphatic heterocycles. The lowest BCUT2D eigenvalue weighted by Gasteiger charge is -2.30. The summed E-state index contributed by atoms with van der Waals surface area (Å²) < 4.78 is 26.8. The SMILES string of the molecule is Cc1c(NC(=O)C2CCN(S(=O)(=O)Cc3ccccc3)CC2)cccc1C(N)=O. The molecule has 0 spiro atoms. The van der Waals surface area contributed by atoms with Crippen molar-refractivity contribution in [3.8, 4) is 0 Å². The van der Waals surface area contributed by atoms with Gasteiger partial charge in [0.25, 0.3) is 0 Å². The molecule has 1 saturated heterocycles. The average Bonchev–Trinajstić information content (AvgIpc) is 2.70. The fourth-order valence-electron chi connectivity index (χ4n) is 3.55. The third-order valence-corrected chi connectivity index (χ3v) is 7.12. The van der Waals surface area contributed by atoms with Crippen LogP contribution >= 0.6 is 0 Å². The Morgan fingerprint density at radius 1 is 1.07 bits per heavy atom. The highest BCUT2D eigenvalue weighted by molar-refractivity contribution is 7.88. The van der Waals surface area contributed by atoms with Crippen LogP contribution in [0.4, 0.5) is 5.69 Å². The molecule has 0 atom stereocenters. The summed E-state index contributed by atoms with van der Waals surface area (Å²) in [6.07, 6.45) is 0.906. The lowest BCUT2D eigenvalue weighted by atomic mass is 9.96. The predicted octanol–water partition coefficient (Wildman–Crippen LogP) is 2.27. The third kappa shape index (κ3) is 5.02. The molecule has 0 aromatic heterocycles.